The maximum absolute atomic E-state index is 5.51. The van der Waals surface area contributed by atoms with E-state index in [1.54, 1.807) is 7.11 Å². The van der Waals surface area contributed by atoms with Gasteiger partial charge in [-0.05, 0) is 40.3 Å². The van der Waals surface area contributed by atoms with Crippen LogP contribution in [0.5, 0.6) is 5.75 Å². The number of pyridine rings is 1. The fourth-order valence-corrected chi connectivity index (χ4v) is 3.16. The van der Waals surface area contributed by atoms with Crippen LogP contribution in [0.1, 0.15) is 36.1 Å². The van der Waals surface area contributed by atoms with Crippen LogP contribution in [-0.4, -0.2) is 43.2 Å². The van der Waals surface area contributed by atoms with Crippen LogP contribution in [0.3, 0.4) is 0 Å². The number of nitrogens with zero attached hydrogens (tertiary/aromatic N) is 2. The summed E-state index contributed by atoms with van der Waals surface area (Å²) in [6.07, 6.45) is 5.84. The van der Waals surface area contributed by atoms with E-state index in [4.69, 9.17) is 4.74 Å². The maximum atomic E-state index is 5.51. The summed E-state index contributed by atoms with van der Waals surface area (Å²) in [4.78, 5) is 7.19. The largest absolute Gasteiger partial charge is 0.496 e. The summed E-state index contributed by atoms with van der Waals surface area (Å²) < 4.78 is 5.51. The first-order chi connectivity index (χ1) is 9.67. The normalized spacial score (nSPS) is 20.1. The van der Waals surface area contributed by atoms with Gasteiger partial charge >= 0.3 is 0 Å². The Morgan fingerprint density at radius 2 is 2.20 bits per heavy atom. The minimum Gasteiger partial charge on any atom is -0.496 e. The van der Waals surface area contributed by atoms with E-state index < -0.39 is 0 Å². The van der Waals surface area contributed by atoms with Crippen molar-refractivity contribution < 1.29 is 4.74 Å². The average molecular weight is 277 g/mol. The molecule has 0 spiro atoms. The van der Waals surface area contributed by atoms with Crippen molar-refractivity contribution in [2.24, 2.45) is 0 Å². The van der Waals surface area contributed by atoms with Crippen molar-refractivity contribution in [1.29, 1.82) is 0 Å². The number of likely N-dealkylation sites (tertiary alicyclic amines) is 1. The SMILES string of the molecule is CNCC1CCCCN1Cc1ncc(C)c(OC)c1C. The molecule has 2 rings (SSSR count). The quantitative estimate of drug-likeness (QED) is 0.896. The van der Waals surface area contributed by atoms with Gasteiger partial charge in [-0.2, -0.15) is 0 Å². The Morgan fingerprint density at radius 1 is 1.40 bits per heavy atom. The van der Waals surface area contributed by atoms with Gasteiger partial charge in [0.1, 0.15) is 5.75 Å². The average Bonchev–Trinajstić information content (AvgIpc) is 2.45. The molecule has 1 atom stereocenters. The first-order valence-electron chi connectivity index (χ1n) is 7.55. The second-order valence-electron chi connectivity index (χ2n) is 5.72. The lowest BCUT2D eigenvalue weighted by atomic mass is 10.0. The van der Waals surface area contributed by atoms with E-state index in [9.17, 15) is 0 Å². The summed E-state index contributed by atoms with van der Waals surface area (Å²) in [5.41, 5.74) is 3.44. The number of nitrogens with one attached hydrogen (secondary N) is 1. The molecule has 4 nitrogen and oxygen atoms in total. The van der Waals surface area contributed by atoms with Crippen LogP contribution in [0.25, 0.3) is 0 Å². The van der Waals surface area contributed by atoms with Gasteiger partial charge in [0, 0.05) is 36.5 Å². The van der Waals surface area contributed by atoms with E-state index in [0.717, 1.165) is 30.1 Å². The summed E-state index contributed by atoms with van der Waals surface area (Å²) in [7, 11) is 3.77. The molecule has 1 aromatic heterocycles. The number of hydrogen-bond acceptors (Lipinski definition) is 4. The van der Waals surface area contributed by atoms with Crippen molar-refractivity contribution in [2.75, 3.05) is 27.2 Å². The molecule has 0 radical (unpaired) electrons. The second kappa shape index (κ2) is 7.04. The van der Waals surface area contributed by atoms with Crippen molar-refractivity contribution in [1.82, 2.24) is 15.2 Å². The first-order valence-corrected chi connectivity index (χ1v) is 7.55. The van der Waals surface area contributed by atoms with Crippen molar-refractivity contribution in [3.05, 3.63) is 23.0 Å². The Labute approximate surface area is 122 Å². The number of rotatable bonds is 5. The van der Waals surface area contributed by atoms with Gasteiger partial charge in [0.05, 0.1) is 12.8 Å². The molecule has 0 saturated carbocycles. The molecule has 0 aromatic carbocycles. The monoisotopic (exact) mass is 277 g/mol. The highest BCUT2D eigenvalue weighted by Gasteiger charge is 2.23. The topological polar surface area (TPSA) is 37.4 Å². The van der Waals surface area contributed by atoms with Gasteiger partial charge in [0.2, 0.25) is 0 Å². The minimum absolute atomic E-state index is 0.627. The molecule has 0 amide bonds. The van der Waals surface area contributed by atoms with E-state index in [2.05, 4.69) is 22.1 Å². The highest BCUT2D eigenvalue weighted by atomic mass is 16.5. The van der Waals surface area contributed by atoms with E-state index >= 15 is 0 Å². The van der Waals surface area contributed by atoms with E-state index in [-0.39, 0.29) is 0 Å². The molecule has 0 bridgehead atoms. The highest BCUT2D eigenvalue weighted by Crippen LogP contribution is 2.26. The molecule has 1 saturated heterocycles. The van der Waals surface area contributed by atoms with Crippen LogP contribution in [0.4, 0.5) is 0 Å². The Morgan fingerprint density at radius 3 is 2.90 bits per heavy atom. The smallest absolute Gasteiger partial charge is 0.128 e. The zero-order valence-corrected chi connectivity index (χ0v) is 13.2. The third-order valence-corrected chi connectivity index (χ3v) is 4.29. The predicted octanol–water partition coefficient (Wildman–Crippen LogP) is 2.28. The second-order valence-corrected chi connectivity index (χ2v) is 5.72. The Bertz CT molecular complexity index is 446. The van der Waals surface area contributed by atoms with Gasteiger partial charge < -0.3 is 10.1 Å². The Kier molecular flexibility index (Phi) is 5.38. The number of methoxy groups -OCH3 is 1. The van der Waals surface area contributed by atoms with E-state index in [0.29, 0.717) is 6.04 Å². The molecule has 1 aliphatic heterocycles. The number of piperidine rings is 1. The molecule has 1 aromatic rings. The summed E-state index contributed by atoms with van der Waals surface area (Å²) in [5.74, 6) is 0.983. The third kappa shape index (κ3) is 3.30. The van der Waals surface area contributed by atoms with Gasteiger partial charge in [0.25, 0.3) is 0 Å². The minimum atomic E-state index is 0.627. The fourth-order valence-electron chi connectivity index (χ4n) is 3.16. The van der Waals surface area contributed by atoms with Crippen molar-refractivity contribution in [3.63, 3.8) is 0 Å². The van der Waals surface area contributed by atoms with Crippen LogP contribution in [0, 0.1) is 13.8 Å². The molecule has 1 aliphatic rings. The molecule has 112 valence electrons. The van der Waals surface area contributed by atoms with Crippen molar-refractivity contribution >= 4 is 0 Å². The standard InChI is InChI=1S/C16H27N3O/c1-12-9-18-15(13(2)16(12)20-4)11-19-8-6-5-7-14(19)10-17-3/h9,14,17H,5-8,10-11H2,1-4H3. The van der Waals surface area contributed by atoms with Crippen LogP contribution < -0.4 is 10.1 Å². The fraction of sp³-hybridized carbons (Fsp3) is 0.688. The molecular weight excluding hydrogens is 250 g/mol. The number of likely N-dealkylation sites (N-methyl/N-ethyl adjacent to an activating group) is 1. The molecule has 0 aliphatic carbocycles. The number of ether oxygens (including phenoxy) is 1. The van der Waals surface area contributed by atoms with Gasteiger partial charge in [-0.15, -0.1) is 0 Å². The number of hydrogen-bond donors (Lipinski definition) is 1. The number of aromatic nitrogens is 1. The summed E-state index contributed by atoms with van der Waals surface area (Å²) in [5, 5.41) is 3.31. The molecule has 2 heterocycles. The van der Waals surface area contributed by atoms with Crippen LogP contribution >= 0.6 is 0 Å². The number of aryl methyl sites for hydroxylation is 1. The lowest BCUT2D eigenvalue weighted by Gasteiger charge is -2.35. The van der Waals surface area contributed by atoms with Gasteiger partial charge in [-0.3, -0.25) is 9.88 Å². The maximum Gasteiger partial charge on any atom is 0.128 e. The highest BCUT2D eigenvalue weighted by molar-refractivity contribution is 5.41. The molecule has 1 fully saturated rings. The Balaban J connectivity index is 2.16. The predicted molar refractivity (Wildman–Crippen MR) is 82.2 cm³/mol. The molecule has 20 heavy (non-hydrogen) atoms. The third-order valence-electron chi connectivity index (χ3n) is 4.29. The zero-order valence-electron chi connectivity index (χ0n) is 13.2. The summed E-state index contributed by atoms with van der Waals surface area (Å²) in [6.45, 7) is 7.32. The Hall–Kier alpha value is -1.13. The van der Waals surface area contributed by atoms with Crippen molar-refractivity contribution in [3.8, 4) is 5.75 Å². The van der Waals surface area contributed by atoms with E-state index in [1.807, 2.05) is 20.2 Å². The van der Waals surface area contributed by atoms with Gasteiger partial charge in [-0.1, -0.05) is 6.42 Å². The first kappa shape index (κ1) is 15.3. The van der Waals surface area contributed by atoms with Crippen LogP contribution in [0.15, 0.2) is 6.20 Å². The van der Waals surface area contributed by atoms with E-state index in [1.165, 1.54) is 31.4 Å². The molecular formula is C16H27N3O. The molecule has 1 N–H and O–H groups in total. The van der Waals surface area contributed by atoms with Crippen LogP contribution in [0.2, 0.25) is 0 Å². The lowest BCUT2D eigenvalue weighted by Crippen LogP contribution is -2.44. The molecule has 1 unspecified atom stereocenters. The lowest BCUT2D eigenvalue weighted by molar-refractivity contribution is 0.137. The summed E-state index contributed by atoms with van der Waals surface area (Å²) in [6, 6.07) is 0.627. The van der Waals surface area contributed by atoms with Gasteiger partial charge in [-0.25, -0.2) is 0 Å². The zero-order chi connectivity index (χ0) is 14.5. The van der Waals surface area contributed by atoms with Crippen molar-refractivity contribution in [2.45, 2.75) is 45.7 Å². The molecule has 4 heteroatoms. The van der Waals surface area contributed by atoms with Gasteiger partial charge in [0.15, 0.2) is 0 Å². The van der Waals surface area contributed by atoms with Crippen LogP contribution in [-0.2, 0) is 6.54 Å². The summed E-state index contributed by atoms with van der Waals surface area (Å²) >= 11 is 0.